The summed E-state index contributed by atoms with van der Waals surface area (Å²) in [7, 11) is 1.78. The summed E-state index contributed by atoms with van der Waals surface area (Å²) in [6.07, 6.45) is 1.61. The van der Waals surface area contributed by atoms with E-state index in [1.54, 1.807) is 18.2 Å². The molecule has 5 aromatic rings. The quantitative estimate of drug-likeness (QED) is 0.322. The van der Waals surface area contributed by atoms with Gasteiger partial charge in [-0.15, -0.1) is 0 Å². The van der Waals surface area contributed by atoms with E-state index in [1.165, 1.54) is 11.8 Å². The third kappa shape index (κ3) is 3.23. The van der Waals surface area contributed by atoms with Gasteiger partial charge in [-0.05, 0) is 36.4 Å². The standard InChI is InChI=1S/C22H18N4O2S/c1-25(13-15-7-6-12-28-15)20(27)14-29-22-24-17-9-3-2-8-16(17)21-23-18-10-4-5-11-19(18)26(21)22/h2-12H,13-14H2,1H3. The fourth-order valence-electron chi connectivity index (χ4n) is 3.37. The van der Waals surface area contributed by atoms with Crippen LogP contribution in [0.3, 0.4) is 0 Å². The molecule has 144 valence electrons. The lowest BCUT2D eigenvalue weighted by molar-refractivity contribution is -0.127. The molecule has 0 aliphatic rings. The Kier molecular flexibility index (Phi) is 4.44. The Morgan fingerprint density at radius 2 is 1.83 bits per heavy atom. The zero-order valence-corrected chi connectivity index (χ0v) is 16.6. The number of carbonyl (C=O) groups is 1. The number of thioether (sulfide) groups is 1. The molecule has 0 aliphatic carbocycles. The number of para-hydroxylation sites is 3. The number of fused-ring (bicyclic) bond motifs is 5. The third-order valence-corrected chi connectivity index (χ3v) is 5.76. The number of benzene rings is 2. The first-order chi connectivity index (χ1) is 14.2. The van der Waals surface area contributed by atoms with Crippen LogP contribution in [0.2, 0.25) is 0 Å². The zero-order chi connectivity index (χ0) is 19.8. The number of hydrogen-bond donors (Lipinski definition) is 0. The second kappa shape index (κ2) is 7.25. The molecular weight excluding hydrogens is 384 g/mol. The largest absolute Gasteiger partial charge is 0.467 e. The second-order valence-corrected chi connectivity index (χ2v) is 7.73. The Morgan fingerprint density at radius 1 is 1.03 bits per heavy atom. The SMILES string of the molecule is CN(Cc1ccco1)C(=O)CSc1nc2ccccc2c2nc3ccccc3n12. The molecule has 0 unspecified atom stereocenters. The molecule has 1 amide bonds. The van der Waals surface area contributed by atoms with Crippen LogP contribution in [0.25, 0.3) is 27.6 Å². The molecule has 0 saturated carbocycles. The highest BCUT2D eigenvalue weighted by molar-refractivity contribution is 7.99. The number of aromatic nitrogens is 3. The van der Waals surface area contributed by atoms with Gasteiger partial charge in [0.05, 0.1) is 35.1 Å². The maximum atomic E-state index is 12.7. The minimum atomic E-state index is 0.0129. The predicted molar refractivity (Wildman–Crippen MR) is 114 cm³/mol. The fraction of sp³-hybridized carbons (Fsp3) is 0.136. The topological polar surface area (TPSA) is 63.6 Å². The van der Waals surface area contributed by atoms with Gasteiger partial charge in [0.15, 0.2) is 5.16 Å². The highest BCUT2D eigenvalue weighted by Crippen LogP contribution is 2.29. The summed E-state index contributed by atoms with van der Waals surface area (Å²) >= 11 is 1.42. The monoisotopic (exact) mass is 402 g/mol. The van der Waals surface area contributed by atoms with Gasteiger partial charge in [0, 0.05) is 12.4 Å². The van der Waals surface area contributed by atoms with Crippen molar-refractivity contribution in [3.63, 3.8) is 0 Å². The number of imidazole rings is 1. The predicted octanol–water partition coefficient (Wildman–Crippen LogP) is 4.38. The maximum absolute atomic E-state index is 12.7. The van der Waals surface area contributed by atoms with Crippen molar-refractivity contribution in [2.45, 2.75) is 11.7 Å². The lowest BCUT2D eigenvalue weighted by Gasteiger charge is -2.15. The lowest BCUT2D eigenvalue weighted by atomic mass is 10.2. The van der Waals surface area contributed by atoms with Crippen molar-refractivity contribution in [1.29, 1.82) is 0 Å². The Bertz CT molecular complexity index is 1330. The van der Waals surface area contributed by atoms with Crippen molar-refractivity contribution < 1.29 is 9.21 Å². The summed E-state index contributed by atoms with van der Waals surface area (Å²) in [6.45, 7) is 0.445. The summed E-state index contributed by atoms with van der Waals surface area (Å²) < 4.78 is 7.38. The van der Waals surface area contributed by atoms with Crippen LogP contribution in [0.5, 0.6) is 0 Å². The van der Waals surface area contributed by atoms with E-state index in [0.29, 0.717) is 6.54 Å². The molecule has 0 bridgehead atoms. The van der Waals surface area contributed by atoms with Gasteiger partial charge in [-0.2, -0.15) is 0 Å². The molecule has 2 aromatic carbocycles. The molecule has 0 fully saturated rings. The van der Waals surface area contributed by atoms with Gasteiger partial charge in [0.2, 0.25) is 5.91 Å². The Labute approximate surface area is 171 Å². The van der Waals surface area contributed by atoms with E-state index < -0.39 is 0 Å². The van der Waals surface area contributed by atoms with E-state index in [1.807, 2.05) is 65.1 Å². The molecule has 0 saturated heterocycles. The van der Waals surface area contributed by atoms with E-state index in [0.717, 1.165) is 38.5 Å². The van der Waals surface area contributed by atoms with Gasteiger partial charge in [-0.1, -0.05) is 36.0 Å². The summed E-state index contributed by atoms with van der Waals surface area (Å²) in [4.78, 5) is 24.0. The average Bonchev–Trinajstić information content (AvgIpc) is 3.39. The highest BCUT2D eigenvalue weighted by atomic mass is 32.2. The Balaban J connectivity index is 1.51. The van der Waals surface area contributed by atoms with Gasteiger partial charge in [-0.25, -0.2) is 9.97 Å². The van der Waals surface area contributed by atoms with Crippen LogP contribution in [-0.4, -0.2) is 38.0 Å². The maximum Gasteiger partial charge on any atom is 0.233 e. The molecule has 3 aromatic heterocycles. The molecule has 29 heavy (non-hydrogen) atoms. The normalized spacial score (nSPS) is 11.5. The number of furan rings is 1. The molecule has 7 heteroatoms. The third-order valence-electron chi connectivity index (χ3n) is 4.84. The molecule has 5 rings (SSSR count). The van der Waals surface area contributed by atoms with Crippen molar-refractivity contribution in [2.24, 2.45) is 0 Å². The van der Waals surface area contributed by atoms with Crippen LogP contribution in [0.1, 0.15) is 5.76 Å². The van der Waals surface area contributed by atoms with E-state index in [4.69, 9.17) is 14.4 Å². The molecule has 0 N–H and O–H groups in total. The van der Waals surface area contributed by atoms with Crippen LogP contribution in [0.4, 0.5) is 0 Å². The van der Waals surface area contributed by atoms with Gasteiger partial charge in [0.1, 0.15) is 11.4 Å². The van der Waals surface area contributed by atoms with Crippen LogP contribution >= 0.6 is 11.8 Å². The summed E-state index contributed by atoms with van der Waals surface area (Å²) in [5.74, 6) is 1.06. The molecule has 0 spiro atoms. The summed E-state index contributed by atoms with van der Waals surface area (Å²) in [5.41, 5.74) is 3.62. The number of nitrogens with zero attached hydrogens (tertiary/aromatic N) is 4. The second-order valence-electron chi connectivity index (χ2n) is 6.79. The van der Waals surface area contributed by atoms with Crippen molar-refractivity contribution in [1.82, 2.24) is 19.3 Å². The van der Waals surface area contributed by atoms with Gasteiger partial charge >= 0.3 is 0 Å². The summed E-state index contributed by atoms with van der Waals surface area (Å²) in [5, 5.41) is 1.75. The first kappa shape index (κ1) is 17.8. The minimum absolute atomic E-state index is 0.0129. The van der Waals surface area contributed by atoms with Crippen LogP contribution in [0.15, 0.2) is 76.5 Å². The van der Waals surface area contributed by atoms with Crippen LogP contribution in [0, 0.1) is 0 Å². The molecule has 3 heterocycles. The minimum Gasteiger partial charge on any atom is -0.467 e. The molecule has 0 radical (unpaired) electrons. The van der Waals surface area contributed by atoms with E-state index in [9.17, 15) is 4.79 Å². The smallest absolute Gasteiger partial charge is 0.233 e. The number of hydrogen-bond acceptors (Lipinski definition) is 5. The Morgan fingerprint density at radius 3 is 2.66 bits per heavy atom. The first-order valence-corrected chi connectivity index (χ1v) is 10.2. The van der Waals surface area contributed by atoms with E-state index >= 15 is 0 Å². The average molecular weight is 402 g/mol. The first-order valence-electron chi connectivity index (χ1n) is 9.26. The lowest BCUT2D eigenvalue weighted by Crippen LogP contribution is -2.27. The van der Waals surface area contributed by atoms with Gasteiger partial charge < -0.3 is 9.32 Å². The van der Waals surface area contributed by atoms with E-state index in [-0.39, 0.29) is 11.7 Å². The van der Waals surface area contributed by atoms with Crippen LogP contribution in [-0.2, 0) is 11.3 Å². The van der Waals surface area contributed by atoms with Crippen molar-refractivity contribution in [3.8, 4) is 0 Å². The highest BCUT2D eigenvalue weighted by Gasteiger charge is 2.17. The van der Waals surface area contributed by atoms with Crippen molar-refractivity contribution in [3.05, 3.63) is 72.7 Å². The number of amides is 1. The van der Waals surface area contributed by atoms with Crippen LogP contribution < -0.4 is 0 Å². The van der Waals surface area contributed by atoms with E-state index in [2.05, 4.69) is 0 Å². The van der Waals surface area contributed by atoms with Crippen molar-refractivity contribution >= 4 is 45.3 Å². The van der Waals surface area contributed by atoms with Crippen molar-refractivity contribution in [2.75, 3.05) is 12.8 Å². The number of rotatable bonds is 5. The zero-order valence-electron chi connectivity index (χ0n) is 15.8. The number of carbonyl (C=O) groups excluding carboxylic acids is 1. The van der Waals surface area contributed by atoms with Gasteiger partial charge in [0.25, 0.3) is 0 Å². The summed E-state index contributed by atoms with van der Waals surface area (Å²) in [6, 6.07) is 19.6. The fourth-order valence-corrected chi connectivity index (χ4v) is 4.32. The molecule has 6 nitrogen and oxygen atoms in total. The van der Waals surface area contributed by atoms with Gasteiger partial charge in [-0.3, -0.25) is 9.20 Å². The molecule has 0 atom stereocenters. The molecular formula is C22H18N4O2S. The Hall–Kier alpha value is -3.32. The molecule has 0 aliphatic heterocycles.